The van der Waals surface area contributed by atoms with Gasteiger partial charge in [-0.2, -0.15) is 0 Å². The summed E-state index contributed by atoms with van der Waals surface area (Å²) in [5.41, 5.74) is 1.21. The predicted octanol–water partition coefficient (Wildman–Crippen LogP) is 2.68. The first-order valence-electron chi connectivity index (χ1n) is 7.47. The van der Waals surface area contributed by atoms with E-state index in [4.69, 9.17) is 11.6 Å². The summed E-state index contributed by atoms with van der Waals surface area (Å²) in [4.78, 5) is 13.4. The third-order valence-corrected chi connectivity index (χ3v) is 4.06. The van der Waals surface area contributed by atoms with Crippen LogP contribution in [-0.4, -0.2) is 42.3 Å². The monoisotopic (exact) mass is 310 g/mol. The third-order valence-electron chi connectivity index (χ3n) is 3.81. The summed E-state index contributed by atoms with van der Waals surface area (Å²) in [6.45, 7) is 1.04. The van der Waals surface area contributed by atoms with E-state index in [1.807, 2.05) is 24.3 Å². The number of hydrogen-bond acceptors (Lipinski definition) is 2. The quantitative estimate of drug-likeness (QED) is 0.761. The second-order valence-electron chi connectivity index (χ2n) is 5.75. The summed E-state index contributed by atoms with van der Waals surface area (Å²) in [5.74, 6) is 0.394. The van der Waals surface area contributed by atoms with Crippen molar-refractivity contribution < 1.29 is 9.90 Å². The van der Waals surface area contributed by atoms with Gasteiger partial charge in [0, 0.05) is 25.2 Å². The Morgan fingerprint density at radius 3 is 2.71 bits per heavy atom. The van der Waals surface area contributed by atoms with E-state index < -0.39 is 0 Å². The first-order chi connectivity index (χ1) is 10.1. The van der Waals surface area contributed by atoms with Gasteiger partial charge in [0.2, 0.25) is 0 Å². The Morgan fingerprint density at radius 1 is 1.43 bits per heavy atom. The molecule has 1 aromatic carbocycles. The van der Waals surface area contributed by atoms with Crippen molar-refractivity contribution in [3.05, 3.63) is 34.9 Å². The second kappa shape index (κ2) is 7.66. The van der Waals surface area contributed by atoms with Crippen molar-refractivity contribution in [2.24, 2.45) is 5.92 Å². The molecule has 4 nitrogen and oxygen atoms in total. The average Bonchev–Trinajstić information content (AvgIpc) is 3.29. The molecule has 1 aliphatic carbocycles. The van der Waals surface area contributed by atoms with E-state index in [2.05, 4.69) is 5.32 Å². The lowest BCUT2D eigenvalue weighted by Crippen LogP contribution is -2.42. The first-order valence-corrected chi connectivity index (χ1v) is 7.85. The number of likely N-dealkylation sites (N-methyl/N-ethyl adjacent to an activating group) is 1. The van der Waals surface area contributed by atoms with Gasteiger partial charge in [0.15, 0.2) is 0 Å². The van der Waals surface area contributed by atoms with Gasteiger partial charge in [-0.3, -0.25) is 0 Å². The number of hydrogen-bond donors (Lipinski definition) is 2. The molecule has 0 spiro atoms. The highest BCUT2D eigenvalue weighted by molar-refractivity contribution is 6.30. The Kier molecular flexibility index (Phi) is 5.88. The lowest BCUT2D eigenvalue weighted by molar-refractivity contribution is 0.113. The Labute approximate surface area is 131 Å². The minimum atomic E-state index is -0.380. The molecule has 0 aliphatic heterocycles. The summed E-state index contributed by atoms with van der Waals surface area (Å²) in [7, 11) is 1.72. The van der Waals surface area contributed by atoms with Gasteiger partial charge in [-0.25, -0.2) is 4.79 Å². The number of carbonyl (C=O) groups is 1. The lowest BCUT2D eigenvalue weighted by atomic mass is 10.1. The molecule has 1 fully saturated rings. The van der Waals surface area contributed by atoms with Gasteiger partial charge < -0.3 is 15.3 Å². The highest BCUT2D eigenvalue weighted by atomic mass is 35.5. The zero-order valence-electron chi connectivity index (χ0n) is 12.4. The molecule has 2 amide bonds. The van der Waals surface area contributed by atoms with Gasteiger partial charge in [0.05, 0.1) is 6.10 Å². The van der Waals surface area contributed by atoms with Crippen LogP contribution in [0.15, 0.2) is 24.3 Å². The molecule has 21 heavy (non-hydrogen) atoms. The maximum absolute atomic E-state index is 11.9. The van der Waals surface area contributed by atoms with Crippen molar-refractivity contribution in [3.63, 3.8) is 0 Å². The van der Waals surface area contributed by atoms with Gasteiger partial charge in [0.25, 0.3) is 0 Å². The van der Waals surface area contributed by atoms with Crippen LogP contribution in [0, 0.1) is 5.92 Å². The maximum Gasteiger partial charge on any atom is 0.317 e. The number of aryl methyl sites for hydroxylation is 1. The van der Waals surface area contributed by atoms with Gasteiger partial charge in [-0.05, 0) is 49.3 Å². The molecule has 5 heteroatoms. The van der Waals surface area contributed by atoms with Crippen LogP contribution >= 0.6 is 11.6 Å². The van der Waals surface area contributed by atoms with E-state index in [9.17, 15) is 9.90 Å². The van der Waals surface area contributed by atoms with Gasteiger partial charge in [-0.1, -0.05) is 23.7 Å². The van der Waals surface area contributed by atoms with Gasteiger partial charge >= 0.3 is 6.03 Å². The van der Waals surface area contributed by atoms with E-state index in [1.54, 1.807) is 11.9 Å². The highest BCUT2D eigenvalue weighted by Gasteiger charge is 2.31. The molecule has 1 unspecified atom stereocenters. The van der Waals surface area contributed by atoms with Crippen LogP contribution < -0.4 is 5.32 Å². The molecule has 1 aromatic rings. The fourth-order valence-corrected chi connectivity index (χ4v) is 2.39. The molecule has 1 atom stereocenters. The van der Waals surface area contributed by atoms with Crippen LogP contribution in [0.3, 0.4) is 0 Å². The number of halogens is 1. The molecule has 2 N–H and O–H groups in total. The molecule has 1 aliphatic rings. The number of benzene rings is 1. The molecule has 2 rings (SSSR count). The largest absolute Gasteiger partial charge is 0.391 e. The number of rotatable bonds is 7. The van der Waals surface area contributed by atoms with Gasteiger partial charge in [-0.15, -0.1) is 0 Å². The summed E-state index contributed by atoms with van der Waals surface area (Å²) in [6.07, 6.45) is 3.57. The first kappa shape index (κ1) is 16.1. The van der Waals surface area contributed by atoms with Crippen molar-refractivity contribution >= 4 is 17.6 Å². The molecule has 0 heterocycles. The van der Waals surface area contributed by atoms with E-state index in [1.165, 1.54) is 5.56 Å². The molecule has 0 bridgehead atoms. The Balaban J connectivity index is 1.60. The molecular weight excluding hydrogens is 288 g/mol. The average molecular weight is 311 g/mol. The number of carbonyl (C=O) groups excluding carboxylic acids is 1. The molecular formula is C16H23ClN2O2. The Hall–Kier alpha value is -1.26. The van der Waals surface area contributed by atoms with Crippen LogP contribution in [0.1, 0.15) is 24.8 Å². The Bertz CT molecular complexity index is 460. The highest BCUT2D eigenvalue weighted by Crippen LogP contribution is 2.32. The second-order valence-corrected chi connectivity index (χ2v) is 6.18. The standard InChI is InChI=1S/C16H23ClN2O2/c1-19(11-15(20)13-6-7-13)16(21)18-10-2-3-12-4-8-14(17)9-5-12/h4-5,8-9,13,15,20H,2-3,6-7,10-11H2,1H3,(H,18,21). The molecule has 116 valence electrons. The third kappa shape index (κ3) is 5.56. The zero-order chi connectivity index (χ0) is 15.2. The fourth-order valence-electron chi connectivity index (χ4n) is 2.27. The van der Waals surface area contributed by atoms with Crippen LogP contribution in [0.4, 0.5) is 4.79 Å². The van der Waals surface area contributed by atoms with Crippen LogP contribution in [0.25, 0.3) is 0 Å². The maximum atomic E-state index is 11.9. The zero-order valence-corrected chi connectivity index (χ0v) is 13.1. The van der Waals surface area contributed by atoms with Crippen molar-refractivity contribution in [2.75, 3.05) is 20.1 Å². The number of amides is 2. The minimum Gasteiger partial charge on any atom is -0.391 e. The van der Waals surface area contributed by atoms with Crippen LogP contribution in [-0.2, 0) is 6.42 Å². The fraction of sp³-hybridized carbons (Fsp3) is 0.562. The predicted molar refractivity (Wildman–Crippen MR) is 84.5 cm³/mol. The molecule has 0 radical (unpaired) electrons. The van der Waals surface area contributed by atoms with E-state index in [0.717, 1.165) is 30.7 Å². The topological polar surface area (TPSA) is 52.6 Å². The number of nitrogens with one attached hydrogen (secondary N) is 1. The van der Waals surface area contributed by atoms with Crippen LogP contribution in [0.5, 0.6) is 0 Å². The normalized spacial score (nSPS) is 15.6. The van der Waals surface area contributed by atoms with E-state index >= 15 is 0 Å². The minimum absolute atomic E-state index is 0.120. The van der Waals surface area contributed by atoms with Crippen molar-refractivity contribution in [1.29, 1.82) is 0 Å². The summed E-state index contributed by atoms with van der Waals surface area (Å²) in [5, 5.41) is 13.4. The number of urea groups is 1. The van der Waals surface area contributed by atoms with Crippen molar-refractivity contribution in [3.8, 4) is 0 Å². The molecule has 0 aromatic heterocycles. The lowest BCUT2D eigenvalue weighted by Gasteiger charge is -2.21. The SMILES string of the molecule is CN(CC(O)C1CC1)C(=O)NCCCc1ccc(Cl)cc1. The molecule has 0 saturated heterocycles. The summed E-state index contributed by atoms with van der Waals surface area (Å²) >= 11 is 5.83. The van der Waals surface area contributed by atoms with Crippen LogP contribution in [0.2, 0.25) is 5.02 Å². The Morgan fingerprint density at radius 2 is 2.10 bits per heavy atom. The smallest absolute Gasteiger partial charge is 0.317 e. The van der Waals surface area contributed by atoms with E-state index in [0.29, 0.717) is 19.0 Å². The van der Waals surface area contributed by atoms with Crippen molar-refractivity contribution in [2.45, 2.75) is 31.8 Å². The van der Waals surface area contributed by atoms with Gasteiger partial charge in [0.1, 0.15) is 0 Å². The number of aliphatic hydroxyl groups is 1. The summed E-state index contributed by atoms with van der Waals surface area (Å²) < 4.78 is 0. The van der Waals surface area contributed by atoms with Crippen molar-refractivity contribution in [1.82, 2.24) is 10.2 Å². The summed E-state index contributed by atoms with van der Waals surface area (Å²) in [6, 6.07) is 7.64. The van der Waals surface area contributed by atoms with E-state index in [-0.39, 0.29) is 12.1 Å². The number of aliphatic hydroxyl groups excluding tert-OH is 1. The number of nitrogens with zero attached hydrogens (tertiary/aromatic N) is 1. The molecule has 1 saturated carbocycles.